The largest absolute Gasteiger partial charge is 0.503 e. The van der Waals surface area contributed by atoms with Crippen LogP contribution in [-0.2, 0) is 20.7 Å². The zero-order valence-corrected chi connectivity index (χ0v) is 19.5. The van der Waals surface area contributed by atoms with Crippen molar-refractivity contribution in [1.29, 1.82) is 0 Å². The third-order valence-corrected chi connectivity index (χ3v) is 5.70. The molecule has 1 aromatic heterocycles. The van der Waals surface area contributed by atoms with E-state index in [1.165, 1.54) is 11.0 Å². The number of aliphatic hydroxyl groups excluding tert-OH is 1. The van der Waals surface area contributed by atoms with Gasteiger partial charge in [-0.05, 0) is 55.7 Å². The van der Waals surface area contributed by atoms with Crippen molar-refractivity contribution in [3.05, 3.63) is 107 Å². The van der Waals surface area contributed by atoms with E-state index in [-0.39, 0.29) is 29.4 Å². The van der Waals surface area contributed by atoms with Gasteiger partial charge in [0.2, 0.25) is 0 Å². The molecule has 1 N–H and O–H groups in total. The Morgan fingerprint density at radius 3 is 2.51 bits per heavy atom. The van der Waals surface area contributed by atoms with Gasteiger partial charge in [-0.1, -0.05) is 42.5 Å². The van der Waals surface area contributed by atoms with Crippen LogP contribution in [-0.4, -0.2) is 33.9 Å². The number of aliphatic hydroxyl groups is 1. The first-order valence-corrected chi connectivity index (χ1v) is 11.4. The fourth-order valence-electron chi connectivity index (χ4n) is 4.11. The van der Waals surface area contributed by atoms with E-state index in [1.54, 1.807) is 56.6 Å². The number of aromatic nitrogens is 1. The molecule has 0 saturated heterocycles. The van der Waals surface area contributed by atoms with Gasteiger partial charge in [-0.25, -0.2) is 4.79 Å². The number of anilines is 1. The number of amides is 1. The van der Waals surface area contributed by atoms with Crippen LogP contribution in [0.15, 0.2) is 90.5 Å². The maximum Gasteiger partial charge on any atom is 0.338 e. The highest BCUT2D eigenvalue weighted by atomic mass is 16.5. The molecule has 2 heterocycles. The summed E-state index contributed by atoms with van der Waals surface area (Å²) in [5, 5.41) is 10.8. The summed E-state index contributed by atoms with van der Waals surface area (Å²) < 4.78 is 5.28. The molecule has 1 aliphatic rings. The lowest BCUT2D eigenvalue weighted by Gasteiger charge is -2.27. The van der Waals surface area contributed by atoms with Crippen molar-refractivity contribution < 1.29 is 24.2 Å². The van der Waals surface area contributed by atoms with Crippen LogP contribution in [0.2, 0.25) is 0 Å². The van der Waals surface area contributed by atoms with E-state index in [2.05, 4.69) is 4.98 Å². The molecule has 3 aromatic rings. The van der Waals surface area contributed by atoms with E-state index >= 15 is 0 Å². The number of hydrogen-bond donors (Lipinski definition) is 1. The summed E-state index contributed by atoms with van der Waals surface area (Å²) in [4.78, 5) is 44.5. The van der Waals surface area contributed by atoms with Gasteiger partial charge in [-0.3, -0.25) is 19.5 Å². The maximum atomic E-state index is 13.3. The Labute approximate surface area is 203 Å². The number of ketones is 1. The summed E-state index contributed by atoms with van der Waals surface area (Å²) in [6, 6.07) is 18.5. The Kier molecular flexibility index (Phi) is 7.06. The number of carbonyl (C=O) groups excluding carboxylic acids is 3. The molecular weight excluding hydrogens is 444 g/mol. The number of rotatable bonds is 8. The van der Waals surface area contributed by atoms with E-state index in [9.17, 15) is 19.5 Å². The molecule has 7 heteroatoms. The van der Waals surface area contributed by atoms with E-state index in [0.29, 0.717) is 17.7 Å². The third kappa shape index (κ3) is 5.14. The molecular formula is C28H26N2O5. The van der Waals surface area contributed by atoms with Gasteiger partial charge in [-0.2, -0.15) is 0 Å². The Bertz CT molecular complexity index is 1270. The molecule has 2 aromatic carbocycles. The number of hydrogen-bond acceptors (Lipinski definition) is 6. The predicted molar refractivity (Wildman–Crippen MR) is 131 cm³/mol. The molecule has 1 atom stereocenters. The van der Waals surface area contributed by atoms with Crippen LogP contribution in [0.1, 0.15) is 47.8 Å². The minimum absolute atomic E-state index is 0.0223. The van der Waals surface area contributed by atoms with Crippen LogP contribution in [0.3, 0.4) is 0 Å². The second-order valence-corrected chi connectivity index (χ2v) is 8.54. The maximum absolute atomic E-state index is 13.3. The Morgan fingerprint density at radius 2 is 1.83 bits per heavy atom. The van der Waals surface area contributed by atoms with E-state index in [1.807, 2.05) is 30.3 Å². The molecule has 0 aliphatic carbocycles. The molecule has 0 fully saturated rings. The van der Waals surface area contributed by atoms with Crippen LogP contribution >= 0.6 is 0 Å². The highest BCUT2D eigenvalue weighted by Gasteiger charge is 2.44. The Balaban J connectivity index is 1.70. The molecule has 0 saturated carbocycles. The highest BCUT2D eigenvalue weighted by molar-refractivity contribution is 6.16. The lowest BCUT2D eigenvalue weighted by molar-refractivity contribution is -0.118. The van der Waals surface area contributed by atoms with E-state index in [0.717, 1.165) is 5.56 Å². The average Bonchev–Trinajstić information content (AvgIpc) is 3.14. The minimum Gasteiger partial charge on any atom is -0.503 e. The van der Waals surface area contributed by atoms with Gasteiger partial charge < -0.3 is 9.84 Å². The smallest absolute Gasteiger partial charge is 0.338 e. The van der Waals surface area contributed by atoms with Crippen LogP contribution in [0, 0.1) is 0 Å². The first kappa shape index (κ1) is 23.9. The van der Waals surface area contributed by atoms with E-state index in [4.69, 9.17) is 4.74 Å². The lowest BCUT2D eigenvalue weighted by Crippen LogP contribution is -2.31. The minimum atomic E-state index is -0.879. The summed E-state index contributed by atoms with van der Waals surface area (Å²) in [6.45, 7) is 3.50. The molecule has 7 nitrogen and oxygen atoms in total. The van der Waals surface area contributed by atoms with Crippen molar-refractivity contribution >= 4 is 23.3 Å². The van der Waals surface area contributed by atoms with Crippen molar-refractivity contribution in [3.8, 4) is 0 Å². The second-order valence-electron chi connectivity index (χ2n) is 8.54. The van der Waals surface area contributed by atoms with Gasteiger partial charge >= 0.3 is 5.97 Å². The van der Waals surface area contributed by atoms with Gasteiger partial charge in [0.25, 0.3) is 5.91 Å². The molecule has 0 radical (unpaired) electrons. The third-order valence-electron chi connectivity index (χ3n) is 5.70. The SMILES string of the molecule is CC(C)OC(=O)c1cccc(N2C(=O)C(O)=C(C(=O)CCc3ccccc3)C2c2cccnc2)c1. The molecule has 35 heavy (non-hydrogen) atoms. The number of esters is 1. The van der Waals surface area contributed by atoms with Gasteiger partial charge in [0.05, 0.1) is 23.3 Å². The molecule has 178 valence electrons. The van der Waals surface area contributed by atoms with Crippen LogP contribution in [0.4, 0.5) is 5.69 Å². The van der Waals surface area contributed by atoms with Crippen molar-refractivity contribution in [2.45, 2.75) is 38.8 Å². The Morgan fingerprint density at radius 1 is 1.06 bits per heavy atom. The van der Waals surface area contributed by atoms with Crippen molar-refractivity contribution in [2.24, 2.45) is 0 Å². The fourth-order valence-corrected chi connectivity index (χ4v) is 4.11. The standard InChI is InChI=1S/C28H26N2O5/c1-18(2)35-28(34)20-10-6-12-22(16-20)30-25(21-11-7-15-29-17-21)24(26(32)27(30)33)23(31)14-13-19-8-4-3-5-9-19/h3-12,15-18,25,32H,13-14H2,1-2H3. The second kappa shape index (κ2) is 10.3. The number of pyridine rings is 1. The molecule has 0 bridgehead atoms. The quantitative estimate of drug-likeness (QED) is 0.477. The summed E-state index contributed by atoms with van der Waals surface area (Å²) in [7, 11) is 0. The summed E-state index contributed by atoms with van der Waals surface area (Å²) in [5.41, 5.74) is 2.20. The van der Waals surface area contributed by atoms with Gasteiger partial charge in [-0.15, -0.1) is 0 Å². The predicted octanol–water partition coefficient (Wildman–Crippen LogP) is 4.75. The molecule has 4 rings (SSSR count). The number of nitrogens with zero attached hydrogens (tertiary/aromatic N) is 2. The lowest BCUT2D eigenvalue weighted by atomic mass is 9.94. The van der Waals surface area contributed by atoms with Crippen molar-refractivity contribution in [2.75, 3.05) is 4.90 Å². The topological polar surface area (TPSA) is 96.8 Å². The Hall–Kier alpha value is -4.26. The fraction of sp³-hybridized carbons (Fsp3) is 0.214. The molecule has 1 aliphatic heterocycles. The van der Waals surface area contributed by atoms with Crippen LogP contribution < -0.4 is 4.90 Å². The normalized spacial score (nSPS) is 15.6. The van der Waals surface area contributed by atoms with Gasteiger partial charge in [0.1, 0.15) is 0 Å². The number of carbonyl (C=O) groups is 3. The summed E-state index contributed by atoms with van der Waals surface area (Å²) >= 11 is 0. The van der Waals surface area contributed by atoms with Crippen LogP contribution in [0.25, 0.3) is 0 Å². The highest BCUT2D eigenvalue weighted by Crippen LogP contribution is 2.41. The zero-order valence-electron chi connectivity index (χ0n) is 19.5. The van der Waals surface area contributed by atoms with E-state index < -0.39 is 23.7 Å². The van der Waals surface area contributed by atoms with Gasteiger partial charge in [0, 0.05) is 24.5 Å². The number of ether oxygens (including phenoxy) is 1. The van der Waals surface area contributed by atoms with Crippen LogP contribution in [0.5, 0.6) is 0 Å². The van der Waals surface area contributed by atoms with Crippen molar-refractivity contribution in [3.63, 3.8) is 0 Å². The molecule has 1 unspecified atom stereocenters. The number of Topliss-reactive ketones (excluding diaryl/α,β-unsaturated/α-hetero) is 1. The zero-order chi connectivity index (χ0) is 24.9. The first-order valence-electron chi connectivity index (χ1n) is 11.4. The molecule has 0 spiro atoms. The molecule has 1 amide bonds. The van der Waals surface area contributed by atoms with Crippen molar-refractivity contribution in [1.82, 2.24) is 4.98 Å². The van der Waals surface area contributed by atoms with Gasteiger partial charge in [0.15, 0.2) is 11.5 Å². The summed E-state index contributed by atoms with van der Waals surface area (Å²) in [5.74, 6) is -2.16. The first-order chi connectivity index (χ1) is 16.9. The number of benzene rings is 2. The number of aryl methyl sites for hydroxylation is 1. The monoisotopic (exact) mass is 470 g/mol. The average molecular weight is 471 g/mol. The summed E-state index contributed by atoms with van der Waals surface area (Å²) in [6.07, 6.45) is 3.45.